The van der Waals surface area contributed by atoms with E-state index in [2.05, 4.69) is 31.1 Å². The Kier molecular flexibility index (Phi) is 4.75. The van der Waals surface area contributed by atoms with Crippen molar-refractivity contribution in [2.75, 3.05) is 0 Å². The van der Waals surface area contributed by atoms with Crippen molar-refractivity contribution in [1.82, 2.24) is 5.32 Å². The third-order valence-corrected chi connectivity index (χ3v) is 4.14. The van der Waals surface area contributed by atoms with E-state index in [1.807, 2.05) is 23.9 Å². The van der Waals surface area contributed by atoms with Crippen LogP contribution in [0.25, 0.3) is 0 Å². The fourth-order valence-electron chi connectivity index (χ4n) is 2.17. The molecule has 3 unspecified atom stereocenters. The molecule has 0 saturated heterocycles. The van der Waals surface area contributed by atoms with Crippen LogP contribution in [-0.2, 0) is 6.42 Å². The van der Waals surface area contributed by atoms with Crippen molar-refractivity contribution in [2.45, 2.75) is 57.4 Å². The van der Waals surface area contributed by atoms with Gasteiger partial charge in [-0.2, -0.15) is 0 Å². The second kappa shape index (κ2) is 6.32. The predicted octanol–water partition coefficient (Wildman–Crippen LogP) is 3.46. The first-order valence-electron chi connectivity index (χ1n) is 6.67. The van der Waals surface area contributed by atoms with Crippen LogP contribution in [0.5, 0.6) is 0 Å². The maximum Gasteiger partial charge on any atom is 0.157 e. The van der Waals surface area contributed by atoms with Gasteiger partial charge in [0.2, 0.25) is 0 Å². The number of aliphatic imine (C=N–C) groups is 1. The molecule has 0 saturated carbocycles. The average Bonchev–Trinajstić information content (AvgIpc) is 2.77. The van der Waals surface area contributed by atoms with Crippen LogP contribution in [0, 0.1) is 0 Å². The summed E-state index contributed by atoms with van der Waals surface area (Å²) < 4.78 is 5.34. The lowest BCUT2D eigenvalue weighted by molar-refractivity contribution is 0.483. The normalized spacial score (nSPS) is 25.6. The molecule has 3 nitrogen and oxygen atoms in total. The minimum atomic E-state index is 0.429. The Balaban J connectivity index is 1.78. The topological polar surface area (TPSA) is 37.5 Å². The van der Waals surface area contributed by atoms with Gasteiger partial charge >= 0.3 is 0 Å². The van der Waals surface area contributed by atoms with Crippen molar-refractivity contribution in [3.63, 3.8) is 0 Å². The number of nitrogens with one attached hydrogen (secondary N) is 1. The van der Waals surface area contributed by atoms with Gasteiger partial charge in [0.1, 0.15) is 5.76 Å². The van der Waals surface area contributed by atoms with Crippen molar-refractivity contribution in [3.8, 4) is 0 Å². The summed E-state index contributed by atoms with van der Waals surface area (Å²) in [6, 6.07) is 4.85. The second-order valence-corrected chi connectivity index (χ2v) is 6.54. The number of hydrogen-bond donors (Lipinski definition) is 1. The number of amidine groups is 1. The number of nitrogens with zero attached hydrogens (tertiary/aromatic N) is 1. The average molecular weight is 266 g/mol. The van der Waals surface area contributed by atoms with E-state index >= 15 is 0 Å². The fourth-order valence-corrected chi connectivity index (χ4v) is 3.44. The van der Waals surface area contributed by atoms with E-state index in [4.69, 9.17) is 4.42 Å². The number of furan rings is 1. The van der Waals surface area contributed by atoms with Gasteiger partial charge in [0.05, 0.1) is 12.3 Å². The third-order valence-electron chi connectivity index (χ3n) is 3.10. The van der Waals surface area contributed by atoms with Crippen LogP contribution in [0.3, 0.4) is 0 Å². The van der Waals surface area contributed by atoms with Gasteiger partial charge < -0.3 is 9.73 Å². The Morgan fingerprint density at radius 3 is 3.06 bits per heavy atom. The highest BCUT2D eigenvalue weighted by Gasteiger charge is 2.19. The molecule has 1 aromatic heterocycles. The maximum atomic E-state index is 5.34. The second-order valence-electron chi connectivity index (χ2n) is 5.11. The molecule has 4 heteroatoms. The summed E-state index contributed by atoms with van der Waals surface area (Å²) in [4.78, 5) is 4.66. The molecule has 1 aromatic rings. The van der Waals surface area contributed by atoms with Gasteiger partial charge in [-0.05, 0) is 38.8 Å². The molecule has 18 heavy (non-hydrogen) atoms. The van der Waals surface area contributed by atoms with Crippen molar-refractivity contribution in [1.29, 1.82) is 0 Å². The summed E-state index contributed by atoms with van der Waals surface area (Å²) >= 11 is 1.86. The van der Waals surface area contributed by atoms with Crippen LogP contribution in [0.2, 0.25) is 0 Å². The molecular formula is C14H22N2OS. The highest BCUT2D eigenvalue weighted by molar-refractivity contribution is 8.14. The van der Waals surface area contributed by atoms with Gasteiger partial charge in [-0.15, -0.1) is 0 Å². The Bertz CT molecular complexity index is 389. The molecule has 1 aliphatic heterocycles. The Morgan fingerprint density at radius 2 is 2.39 bits per heavy atom. The number of rotatable bonds is 4. The molecule has 0 radical (unpaired) electrons. The summed E-state index contributed by atoms with van der Waals surface area (Å²) in [5.41, 5.74) is 0. The van der Waals surface area contributed by atoms with Gasteiger partial charge in [-0.1, -0.05) is 18.7 Å². The van der Waals surface area contributed by atoms with Gasteiger partial charge in [0.15, 0.2) is 5.17 Å². The molecule has 2 heterocycles. The Hall–Kier alpha value is -0.900. The van der Waals surface area contributed by atoms with E-state index in [1.54, 1.807) is 6.26 Å². The fraction of sp³-hybridized carbons (Fsp3) is 0.643. The van der Waals surface area contributed by atoms with E-state index in [1.165, 1.54) is 6.42 Å². The summed E-state index contributed by atoms with van der Waals surface area (Å²) in [5, 5.41) is 5.28. The minimum absolute atomic E-state index is 0.429. The van der Waals surface area contributed by atoms with E-state index < -0.39 is 0 Å². The first-order valence-corrected chi connectivity index (χ1v) is 7.55. The molecule has 0 spiro atoms. The van der Waals surface area contributed by atoms with Crippen molar-refractivity contribution >= 4 is 16.9 Å². The first kappa shape index (κ1) is 13.5. The molecular weight excluding hydrogens is 244 g/mol. The van der Waals surface area contributed by atoms with E-state index in [0.717, 1.165) is 23.8 Å². The van der Waals surface area contributed by atoms with Crippen molar-refractivity contribution in [3.05, 3.63) is 24.2 Å². The third kappa shape index (κ3) is 4.09. The number of hydrogen-bond acceptors (Lipinski definition) is 4. The standard InChI is InChI=1S/C14H22N2OS/c1-10(6-7-13-5-4-8-17-13)15-14-16-11(2)9-12(3)18-14/h4-5,8,10-12H,6-7,9H2,1-3H3,(H,15,16). The largest absolute Gasteiger partial charge is 0.469 e. The van der Waals surface area contributed by atoms with Crippen LogP contribution in [-0.4, -0.2) is 22.5 Å². The highest BCUT2D eigenvalue weighted by atomic mass is 32.2. The first-order chi connectivity index (χ1) is 8.63. The van der Waals surface area contributed by atoms with E-state index in [9.17, 15) is 0 Å². The van der Waals surface area contributed by atoms with Gasteiger partial charge in [-0.25, -0.2) is 0 Å². The van der Waals surface area contributed by atoms with E-state index in [-0.39, 0.29) is 0 Å². The van der Waals surface area contributed by atoms with Gasteiger partial charge in [0, 0.05) is 17.7 Å². The van der Waals surface area contributed by atoms with E-state index in [0.29, 0.717) is 17.3 Å². The summed E-state index contributed by atoms with van der Waals surface area (Å²) in [7, 11) is 0. The summed E-state index contributed by atoms with van der Waals surface area (Å²) in [6.45, 7) is 6.66. The molecule has 0 fully saturated rings. The smallest absolute Gasteiger partial charge is 0.157 e. The predicted molar refractivity (Wildman–Crippen MR) is 78.2 cm³/mol. The Morgan fingerprint density at radius 1 is 1.56 bits per heavy atom. The molecule has 1 N–H and O–H groups in total. The molecule has 0 aliphatic carbocycles. The number of aryl methyl sites for hydroxylation is 1. The lowest BCUT2D eigenvalue weighted by Gasteiger charge is -2.25. The molecule has 100 valence electrons. The van der Waals surface area contributed by atoms with Crippen molar-refractivity contribution in [2.24, 2.45) is 4.99 Å². The SMILES string of the molecule is CC1CC(C)SC(NC(C)CCc2ccco2)=N1. The molecule has 0 amide bonds. The zero-order valence-corrected chi connectivity index (χ0v) is 12.2. The molecule has 0 aromatic carbocycles. The van der Waals surface area contributed by atoms with Crippen LogP contribution in [0.1, 0.15) is 39.4 Å². The van der Waals surface area contributed by atoms with Crippen LogP contribution < -0.4 is 5.32 Å². The molecule has 0 bridgehead atoms. The Labute approximate surface area is 113 Å². The lowest BCUT2D eigenvalue weighted by atomic mass is 10.1. The minimum Gasteiger partial charge on any atom is -0.469 e. The zero-order valence-electron chi connectivity index (χ0n) is 11.3. The van der Waals surface area contributed by atoms with Crippen molar-refractivity contribution < 1.29 is 4.42 Å². The van der Waals surface area contributed by atoms with Crippen LogP contribution in [0.4, 0.5) is 0 Å². The number of thioether (sulfide) groups is 1. The quantitative estimate of drug-likeness (QED) is 0.907. The lowest BCUT2D eigenvalue weighted by Crippen LogP contribution is -2.35. The zero-order chi connectivity index (χ0) is 13.0. The molecule has 1 aliphatic rings. The summed E-state index contributed by atoms with van der Waals surface area (Å²) in [5.74, 6) is 1.06. The highest BCUT2D eigenvalue weighted by Crippen LogP contribution is 2.24. The van der Waals surface area contributed by atoms with Crippen LogP contribution in [0.15, 0.2) is 27.8 Å². The molecule has 2 rings (SSSR count). The van der Waals surface area contributed by atoms with Gasteiger partial charge in [0.25, 0.3) is 0 Å². The monoisotopic (exact) mass is 266 g/mol. The van der Waals surface area contributed by atoms with Crippen LogP contribution >= 0.6 is 11.8 Å². The maximum absolute atomic E-state index is 5.34. The summed E-state index contributed by atoms with van der Waals surface area (Å²) in [6.07, 6.45) is 4.95. The molecule has 3 atom stereocenters. The van der Waals surface area contributed by atoms with Gasteiger partial charge in [-0.3, -0.25) is 4.99 Å².